The van der Waals surface area contributed by atoms with E-state index in [0.717, 1.165) is 5.56 Å². The van der Waals surface area contributed by atoms with E-state index >= 15 is 0 Å². The Balaban J connectivity index is 1.37. The van der Waals surface area contributed by atoms with E-state index in [0.29, 0.717) is 49.8 Å². The van der Waals surface area contributed by atoms with Gasteiger partial charge in [0.1, 0.15) is 11.5 Å². The van der Waals surface area contributed by atoms with Gasteiger partial charge in [-0.15, -0.1) is 0 Å². The summed E-state index contributed by atoms with van der Waals surface area (Å²) < 4.78 is 5.78. The summed E-state index contributed by atoms with van der Waals surface area (Å²) in [6, 6.07) is 16.3. The monoisotopic (exact) mass is 392 g/mol. The van der Waals surface area contributed by atoms with Crippen molar-refractivity contribution in [1.82, 2.24) is 14.7 Å². The number of piperazine rings is 1. The Kier molecular flexibility index (Phi) is 4.96. The minimum absolute atomic E-state index is 0.0436. The summed E-state index contributed by atoms with van der Waals surface area (Å²) in [7, 11) is 0. The fourth-order valence-electron chi connectivity index (χ4n) is 3.70. The fourth-order valence-corrected chi connectivity index (χ4v) is 3.70. The minimum atomic E-state index is -0.937. The molecule has 0 unspecified atom stereocenters. The van der Waals surface area contributed by atoms with Gasteiger partial charge >= 0.3 is 12.1 Å². The number of hydrogen-bond acceptors (Lipinski definition) is 4. The topological polar surface area (TPSA) is 97.1 Å². The number of fused-ring (bicyclic) bond motifs is 1. The molecule has 0 bridgehead atoms. The van der Waals surface area contributed by atoms with Crippen molar-refractivity contribution >= 4 is 12.1 Å². The maximum Gasteiger partial charge on any atom is 0.407 e. The number of carbonyl (C=O) groups excluding carboxylic acids is 1. The standard InChI is InChI=1S/C21H20N4O4/c22-11-15-1-5-18(6-2-15)29-19-7-3-16(4-8-19)12-24-14-17-13-23(21(27)28)9-10-25(17)20(24)26/h1-8,17H,9-10,12-14H2,(H,27,28)/t17-/m0/s1. The second-order valence-corrected chi connectivity index (χ2v) is 7.12. The summed E-state index contributed by atoms with van der Waals surface area (Å²) >= 11 is 0. The van der Waals surface area contributed by atoms with Crippen LogP contribution < -0.4 is 4.74 Å². The molecule has 2 fully saturated rings. The Morgan fingerprint density at radius 1 is 1.07 bits per heavy atom. The van der Waals surface area contributed by atoms with Crippen molar-refractivity contribution in [2.45, 2.75) is 12.6 Å². The van der Waals surface area contributed by atoms with Crippen LogP contribution in [-0.2, 0) is 6.54 Å². The van der Waals surface area contributed by atoms with Gasteiger partial charge in [-0.2, -0.15) is 5.26 Å². The Morgan fingerprint density at radius 2 is 1.72 bits per heavy atom. The molecule has 2 aromatic carbocycles. The number of carbonyl (C=O) groups is 2. The molecule has 0 spiro atoms. The maximum absolute atomic E-state index is 12.6. The van der Waals surface area contributed by atoms with Crippen LogP contribution in [0.15, 0.2) is 48.5 Å². The normalized spacial score (nSPS) is 18.4. The smallest absolute Gasteiger partial charge is 0.407 e. The lowest BCUT2D eigenvalue weighted by Gasteiger charge is -2.34. The zero-order valence-electron chi connectivity index (χ0n) is 15.7. The maximum atomic E-state index is 12.6. The number of hydrogen-bond donors (Lipinski definition) is 1. The average molecular weight is 392 g/mol. The number of amides is 3. The van der Waals surface area contributed by atoms with Crippen LogP contribution >= 0.6 is 0 Å². The second-order valence-electron chi connectivity index (χ2n) is 7.12. The van der Waals surface area contributed by atoms with Gasteiger partial charge in [-0.3, -0.25) is 0 Å². The number of benzene rings is 2. The van der Waals surface area contributed by atoms with Crippen LogP contribution in [0.5, 0.6) is 11.5 Å². The van der Waals surface area contributed by atoms with Crippen molar-refractivity contribution in [3.8, 4) is 17.6 Å². The van der Waals surface area contributed by atoms with Gasteiger partial charge in [0, 0.05) is 32.7 Å². The van der Waals surface area contributed by atoms with E-state index in [2.05, 4.69) is 6.07 Å². The highest BCUT2D eigenvalue weighted by Crippen LogP contribution is 2.25. The molecule has 3 amide bonds. The van der Waals surface area contributed by atoms with E-state index in [4.69, 9.17) is 15.1 Å². The first-order valence-corrected chi connectivity index (χ1v) is 9.34. The third-order valence-electron chi connectivity index (χ3n) is 5.22. The van der Waals surface area contributed by atoms with Crippen molar-refractivity contribution in [3.63, 3.8) is 0 Å². The van der Waals surface area contributed by atoms with Gasteiger partial charge in [0.05, 0.1) is 17.7 Å². The lowest BCUT2D eigenvalue weighted by Crippen LogP contribution is -2.53. The Hall–Kier alpha value is -3.73. The van der Waals surface area contributed by atoms with E-state index in [-0.39, 0.29) is 12.1 Å². The lowest BCUT2D eigenvalue weighted by molar-refractivity contribution is 0.0996. The number of nitriles is 1. The molecule has 1 N–H and O–H groups in total. The Bertz CT molecular complexity index is 952. The number of urea groups is 1. The van der Waals surface area contributed by atoms with E-state index in [9.17, 15) is 9.59 Å². The molecule has 0 radical (unpaired) electrons. The van der Waals surface area contributed by atoms with E-state index in [1.54, 1.807) is 34.1 Å². The molecule has 2 saturated heterocycles. The number of carboxylic acid groups (broad SMARTS) is 1. The summed E-state index contributed by atoms with van der Waals surface area (Å²) in [5, 5.41) is 18.0. The Morgan fingerprint density at radius 3 is 2.34 bits per heavy atom. The molecule has 2 aromatic rings. The number of rotatable bonds is 4. The summed E-state index contributed by atoms with van der Waals surface area (Å²) in [5.41, 5.74) is 1.55. The van der Waals surface area contributed by atoms with Crippen LogP contribution in [0.1, 0.15) is 11.1 Å². The summed E-state index contributed by atoms with van der Waals surface area (Å²) in [4.78, 5) is 28.7. The highest BCUT2D eigenvalue weighted by atomic mass is 16.5. The van der Waals surface area contributed by atoms with Gasteiger partial charge in [0.2, 0.25) is 0 Å². The molecule has 0 aliphatic carbocycles. The van der Waals surface area contributed by atoms with Crippen molar-refractivity contribution in [2.75, 3.05) is 26.2 Å². The van der Waals surface area contributed by atoms with E-state index in [1.165, 1.54) is 4.90 Å². The van der Waals surface area contributed by atoms with E-state index < -0.39 is 6.09 Å². The van der Waals surface area contributed by atoms with Gasteiger partial charge in [0.25, 0.3) is 0 Å². The molecule has 4 rings (SSSR count). The van der Waals surface area contributed by atoms with Gasteiger partial charge in [-0.05, 0) is 42.0 Å². The quantitative estimate of drug-likeness (QED) is 0.863. The fraction of sp³-hybridized carbons (Fsp3) is 0.286. The van der Waals surface area contributed by atoms with Crippen molar-refractivity contribution < 1.29 is 19.4 Å². The van der Waals surface area contributed by atoms with Crippen LogP contribution in [-0.4, -0.2) is 64.2 Å². The summed E-state index contributed by atoms with van der Waals surface area (Å²) in [5.74, 6) is 1.31. The van der Waals surface area contributed by atoms with Crippen LogP contribution in [0, 0.1) is 11.3 Å². The van der Waals surface area contributed by atoms with Gasteiger partial charge in [0.15, 0.2) is 0 Å². The molecular formula is C21H20N4O4. The van der Waals surface area contributed by atoms with Crippen molar-refractivity contribution in [1.29, 1.82) is 5.26 Å². The summed E-state index contributed by atoms with van der Waals surface area (Å²) in [6.45, 7) is 2.13. The molecule has 1 atom stereocenters. The number of ether oxygens (including phenoxy) is 1. The van der Waals surface area contributed by atoms with Crippen LogP contribution in [0.2, 0.25) is 0 Å². The lowest BCUT2D eigenvalue weighted by atomic mass is 10.2. The molecule has 2 aliphatic heterocycles. The third kappa shape index (κ3) is 3.94. The first kappa shape index (κ1) is 18.6. The molecule has 0 saturated carbocycles. The number of nitrogens with zero attached hydrogens (tertiary/aromatic N) is 4. The highest BCUT2D eigenvalue weighted by molar-refractivity contribution is 5.78. The molecule has 29 heavy (non-hydrogen) atoms. The van der Waals surface area contributed by atoms with E-state index in [1.807, 2.05) is 24.3 Å². The largest absolute Gasteiger partial charge is 0.465 e. The van der Waals surface area contributed by atoms with Crippen LogP contribution in [0.3, 0.4) is 0 Å². The van der Waals surface area contributed by atoms with Crippen molar-refractivity contribution in [3.05, 3.63) is 59.7 Å². The molecule has 148 valence electrons. The first-order valence-electron chi connectivity index (χ1n) is 9.34. The third-order valence-corrected chi connectivity index (χ3v) is 5.22. The molecule has 0 aromatic heterocycles. The van der Waals surface area contributed by atoms with Crippen LogP contribution in [0.25, 0.3) is 0 Å². The predicted octanol–water partition coefficient (Wildman–Crippen LogP) is 2.95. The highest BCUT2D eigenvalue weighted by Gasteiger charge is 2.41. The predicted molar refractivity (Wildman–Crippen MR) is 104 cm³/mol. The van der Waals surface area contributed by atoms with Gasteiger partial charge in [-0.1, -0.05) is 12.1 Å². The molecule has 8 nitrogen and oxygen atoms in total. The summed E-state index contributed by atoms with van der Waals surface area (Å²) in [6.07, 6.45) is -0.937. The zero-order chi connectivity index (χ0) is 20.4. The molecular weight excluding hydrogens is 372 g/mol. The van der Waals surface area contributed by atoms with Crippen LogP contribution in [0.4, 0.5) is 9.59 Å². The first-order chi connectivity index (χ1) is 14.0. The Labute approximate surface area is 168 Å². The second kappa shape index (κ2) is 7.72. The molecule has 8 heteroatoms. The van der Waals surface area contributed by atoms with Gasteiger partial charge < -0.3 is 24.5 Å². The zero-order valence-corrected chi connectivity index (χ0v) is 15.7. The SMILES string of the molecule is N#Cc1ccc(Oc2ccc(CN3C[C@@H]4CN(C(=O)O)CCN4C3=O)cc2)cc1. The van der Waals surface area contributed by atoms with Gasteiger partial charge in [-0.25, -0.2) is 9.59 Å². The minimum Gasteiger partial charge on any atom is -0.465 e. The van der Waals surface area contributed by atoms with Crippen molar-refractivity contribution in [2.24, 2.45) is 0 Å². The average Bonchev–Trinajstić information content (AvgIpc) is 3.05. The molecule has 2 aliphatic rings. The molecule has 2 heterocycles.